The zero-order valence-electron chi connectivity index (χ0n) is 25.0. The molecule has 214 valence electrons. The van der Waals surface area contributed by atoms with Crippen molar-refractivity contribution in [3.8, 4) is 11.1 Å². The number of anilines is 2. The Balaban J connectivity index is 1.61. The van der Waals surface area contributed by atoms with E-state index >= 15 is 0 Å². The number of nitrogens with one attached hydrogen (secondary N) is 2. The summed E-state index contributed by atoms with van der Waals surface area (Å²) in [5, 5.41) is 5.56. The van der Waals surface area contributed by atoms with Crippen LogP contribution in [-0.2, 0) is 10.8 Å². The Morgan fingerprint density at radius 1 is 0.762 bits per heavy atom. The molecule has 0 saturated carbocycles. The SMILES string of the molecule is [C-]#[N+]c1ccccc1-c1ccc(F)c(NC(=O)c2cccc(C(=O)Nc3cc(C(C)(C)C)cc(C(C)(C)C)c3)n2)c1C. The van der Waals surface area contributed by atoms with E-state index in [0.717, 1.165) is 11.1 Å². The summed E-state index contributed by atoms with van der Waals surface area (Å²) in [5.74, 6) is -1.74. The Morgan fingerprint density at radius 3 is 1.90 bits per heavy atom. The van der Waals surface area contributed by atoms with Crippen molar-refractivity contribution in [2.24, 2.45) is 0 Å². The highest BCUT2D eigenvalue weighted by molar-refractivity contribution is 6.07. The lowest BCUT2D eigenvalue weighted by Crippen LogP contribution is -2.21. The van der Waals surface area contributed by atoms with E-state index in [1.54, 1.807) is 43.3 Å². The Bertz CT molecular complexity index is 1690. The van der Waals surface area contributed by atoms with Crippen molar-refractivity contribution in [1.29, 1.82) is 0 Å². The zero-order chi connectivity index (χ0) is 30.8. The third-order valence-electron chi connectivity index (χ3n) is 7.10. The van der Waals surface area contributed by atoms with Gasteiger partial charge in [0.1, 0.15) is 17.2 Å². The van der Waals surface area contributed by atoms with Crippen molar-refractivity contribution in [3.63, 3.8) is 0 Å². The quantitative estimate of drug-likeness (QED) is 0.239. The lowest BCUT2D eigenvalue weighted by Gasteiger charge is -2.26. The molecule has 3 aromatic carbocycles. The number of hydrogen-bond donors (Lipinski definition) is 2. The van der Waals surface area contributed by atoms with Gasteiger partial charge in [-0.1, -0.05) is 84.0 Å². The molecule has 0 aliphatic carbocycles. The highest BCUT2D eigenvalue weighted by atomic mass is 19.1. The van der Waals surface area contributed by atoms with Crippen LogP contribution in [0.15, 0.2) is 72.8 Å². The molecule has 2 N–H and O–H groups in total. The fourth-order valence-electron chi connectivity index (χ4n) is 4.55. The van der Waals surface area contributed by atoms with Gasteiger partial charge in [0.15, 0.2) is 5.69 Å². The molecule has 0 fully saturated rings. The first-order valence-corrected chi connectivity index (χ1v) is 13.7. The molecule has 1 aromatic heterocycles. The molecule has 4 rings (SSSR count). The van der Waals surface area contributed by atoms with Crippen LogP contribution >= 0.6 is 0 Å². The van der Waals surface area contributed by atoms with E-state index in [4.69, 9.17) is 6.57 Å². The lowest BCUT2D eigenvalue weighted by molar-refractivity contribution is 0.101. The predicted molar refractivity (Wildman–Crippen MR) is 167 cm³/mol. The van der Waals surface area contributed by atoms with Crippen molar-refractivity contribution < 1.29 is 14.0 Å². The van der Waals surface area contributed by atoms with E-state index in [9.17, 15) is 14.0 Å². The van der Waals surface area contributed by atoms with Crippen molar-refractivity contribution in [2.75, 3.05) is 10.6 Å². The summed E-state index contributed by atoms with van der Waals surface area (Å²) >= 11 is 0. The number of rotatable bonds is 5. The zero-order valence-corrected chi connectivity index (χ0v) is 25.0. The van der Waals surface area contributed by atoms with E-state index in [2.05, 4.69) is 68.1 Å². The first-order valence-electron chi connectivity index (χ1n) is 13.7. The van der Waals surface area contributed by atoms with Crippen LogP contribution in [0, 0.1) is 19.3 Å². The molecule has 0 aliphatic rings. The highest BCUT2D eigenvalue weighted by Gasteiger charge is 2.22. The number of para-hydroxylation sites is 1. The standard InChI is InChI=1S/C35H35FN4O2/c1-21-25(26-12-9-10-13-28(26)37-8)16-17-27(36)31(21)40-33(42)30-15-11-14-29(39-30)32(41)38-24-19-22(34(2,3)4)18-23(20-24)35(5,6)7/h9-20H,1-7H3,(H,38,41)(H,40,42). The minimum Gasteiger partial charge on any atom is -0.321 e. The summed E-state index contributed by atoms with van der Waals surface area (Å²) < 4.78 is 14.9. The minimum absolute atomic E-state index is 0.0114. The van der Waals surface area contributed by atoms with Crippen LogP contribution in [0.25, 0.3) is 16.0 Å². The summed E-state index contributed by atoms with van der Waals surface area (Å²) in [6, 6.07) is 20.5. The second-order valence-electron chi connectivity index (χ2n) is 12.3. The van der Waals surface area contributed by atoms with E-state index in [0.29, 0.717) is 28.1 Å². The fraction of sp³-hybridized carbons (Fsp3) is 0.257. The Hall–Kier alpha value is -4.83. The van der Waals surface area contributed by atoms with Gasteiger partial charge in [-0.05, 0) is 75.9 Å². The number of carbonyl (C=O) groups is 2. The summed E-state index contributed by atoms with van der Waals surface area (Å²) in [6.45, 7) is 21.9. The van der Waals surface area contributed by atoms with Gasteiger partial charge in [-0.2, -0.15) is 0 Å². The fourth-order valence-corrected chi connectivity index (χ4v) is 4.55. The topological polar surface area (TPSA) is 75.5 Å². The minimum atomic E-state index is -0.660. The molecule has 0 radical (unpaired) electrons. The maximum absolute atomic E-state index is 14.9. The monoisotopic (exact) mass is 562 g/mol. The van der Waals surface area contributed by atoms with Crippen LogP contribution in [0.1, 0.15) is 79.2 Å². The molecule has 7 heteroatoms. The summed E-state index contributed by atoms with van der Waals surface area (Å²) in [7, 11) is 0. The van der Waals surface area contributed by atoms with E-state index in [-0.39, 0.29) is 27.9 Å². The molecular formula is C35H35FN4O2. The van der Waals surface area contributed by atoms with Crippen LogP contribution in [-0.4, -0.2) is 16.8 Å². The Kier molecular flexibility index (Phi) is 8.31. The van der Waals surface area contributed by atoms with Gasteiger partial charge in [0.25, 0.3) is 11.8 Å². The molecule has 1 heterocycles. The van der Waals surface area contributed by atoms with Gasteiger partial charge in [0, 0.05) is 5.69 Å². The van der Waals surface area contributed by atoms with Crippen molar-refractivity contribution in [3.05, 3.63) is 118 Å². The Morgan fingerprint density at radius 2 is 1.33 bits per heavy atom. The summed E-state index contributed by atoms with van der Waals surface area (Å²) in [4.78, 5) is 34.3. The van der Waals surface area contributed by atoms with Crippen LogP contribution in [0.3, 0.4) is 0 Å². The number of halogens is 1. The molecule has 2 amide bonds. The van der Waals surface area contributed by atoms with Gasteiger partial charge >= 0.3 is 0 Å². The second kappa shape index (κ2) is 11.6. The lowest BCUT2D eigenvalue weighted by atomic mass is 9.80. The first kappa shape index (κ1) is 30.1. The highest BCUT2D eigenvalue weighted by Crippen LogP contribution is 2.36. The van der Waals surface area contributed by atoms with Gasteiger partial charge in [-0.15, -0.1) is 0 Å². The van der Waals surface area contributed by atoms with Crippen molar-refractivity contribution >= 4 is 28.9 Å². The van der Waals surface area contributed by atoms with Gasteiger partial charge in [0.2, 0.25) is 0 Å². The molecule has 4 aromatic rings. The molecule has 0 aliphatic heterocycles. The van der Waals surface area contributed by atoms with E-state index in [1.165, 1.54) is 18.2 Å². The maximum atomic E-state index is 14.9. The second-order valence-corrected chi connectivity index (χ2v) is 12.3. The number of nitrogens with zero attached hydrogens (tertiary/aromatic N) is 2. The largest absolute Gasteiger partial charge is 0.321 e. The molecular weight excluding hydrogens is 527 g/mol. The first-order chi connectivity index (χ1) is 19.7. The third kappa shape index (κ3) is 6.55. The molecule has 42 heavy (non-hydrogen) atoms. The maximum Gasteiger partial charge on any atom is 0.274 e. The number of hydrogen-bond acceptors (Lipinski definition) is 3. The van der Waals surface area contributed by atoms with Crippen LogP contribution in [0.4, 0.5) is 21.5 Å². The summed E-state index contributed by atoms with van der Waals surface area (Å²) in [5.41, 5.74) is 4.74. The number of pyridine rings is 1. The van der Waals surface area contributed by atoms with Crippen LogP contribution in [0.2, 0.25) is 0 Å². The van der Waals surface area contributed by atoms with Gasteiger partial charge in [-0.25, -0.2) is 14.2 Å². The van der Waals surface area contributed by atoms with Gasteiger partial charge < -0.3 is 10.6 Å². The molecule has 0 bridgehead atoms. The van der Waals surface area contributed by atoms with Gasteiger partial charge in [0.05, 0.1) is 12.3 Å². The molecule has 0 spiro atoms. The molecule has 0 unspecified atom stereocenters. The average molecular weight is 563 g/mol. The van der Waals surface area contributed by atoms with Crippen LogP contribution in [0.5, 0.6) is 0 Å². The summed E-state index contributed by atoms with van der Waals surface area (Å²) in [6.07, 6.45) is 0. The van der Waals surface area contributed by atoms with Gasteiger partial charge in [-0.3, -0.25) is 9.59 Å². The molecule has 6 nitrogen and oxygen atoms in total. The normalized spacial score (nSPS) is 11.5. The smallest absolute Gasteiger partial charge is 0.274 e. The number of benzene rings is 3. The van der Waals surface area contributed by atoms with E-state index in [1.807, 2.05) is 12.1 Å². The average Bonchev–Trinajstić information content (AvgIpc) is 2.94. The molecule has 0 atom stereocenters. The molecule has 0 saturated heterocycles. The van der Waals surface area contributed by atoms with Crippen molar-refractivity contribution in [2.45, 2.75) is 59.3 Å². The number of aromatic nitrogens is 1. The number of amides is 2. The Labute approximate surface area is 246 Å². The third-order valence-corrected chi connectivity index (χ3v) is 7.10. The van der Waals surface area contributed by atoms with Crippen molar-refractivity contribution in [1.82, 2.24) is 4.98 Å². The van der Waals surface area contributed by atoms with Crippen LogP contribution < -0.4 is 10.6 Å². The number of carbonyl (C=O) groups excluding carboxylic acids is 2. The predicted octanol–water partition coefficient (Wildman–Crippen LogP) is 8.85. The van der Waals surface area contributed by atoms with E-state index < -0.39 is 17.6 Å².